The summed E-state index contributed by atoms with van der Waals surface area (Å²) in [4.78, 5) is 40.1. The molecule has 0 fully saturated rings. The lowest BCUT2D eigenvalue weighted by atomic mass is 9.95. The van der Waals surface area contributed by atoms with Gasteiger partial charge in [0, 0.05) is 39.3 Å². The van der Waals surface area contributed by atoms with Gasteiger partial charge in [-0.25, -0.2) is 0 Å². The number of pyridine rings is 1. The Bertz CT molecular complexity index is 1010. The molecule has 1 aliphatic carbocycles. The largest absolute Gasteiger partial charge is 0.348 e. The van der Waals surface area contributed by atoms with Crippen molar-refractivity contribution in [3.63, 3.8) is 0 Å². The molecule has 0 saturated heterocycles. The minimum Gasteiger partial charge on any atom is -0.348 e. The minimum atomic E-state index is -0.343. The maximum atomic E-state index is 12.8. The molecule has 1 N–H and O–H groups in total. The summed E-state index contributed by atoms with van der Waals surface area (Å²) in [6.07, 6.45) is 9.19. The molecule has 1 atom stereocenters. The van der Waals surface area contributed by atoms with Gasteiger partial charge in [-0.2, -0.15) is 11.3 Å². The Hall–Kier alpha value is -2.67. The minimum absolute atomic E-state index is 0.143. The third kappa shape index (κ3) is 4.19. The number of aryl methyl sites for hydroxylation is 1. The number of amides is 2. The van der Waals surface area contributed by atoms with Crippen LogP contribution in [0, 0.1) is 5.92 Å². The van der Waals surface area contributed by atoms with Crippen LogP contribution in [0.5, 0.6) is 0 Å². The van der Waals surface area contributed by atoms with Gasteiger partial charge in [-0.05, 0) is 58.7 Å². The van der Waals surface area contributed by atoms with Gasteiger partial charge in [0.05, 0.1) is 0 Å². The van der Waals surface area contributed by atoms with E-state index in [1.165, 1.54) is 4.57 Å². The Morgan fingerprint density at radius 1 is 1.34 bits per heavy atom. The SMILES string of the molecule is Cn1cc2c(c(C(=O)NCc3ccsc3)c1=O)CCN(C(=O)CC1C=CCC1)C2. The molecule has 0 radical (unpaired) electrons. The van der Waals surface area contributed by atoms with Crippen LogP contribution in [0.25, 0.3) is 0 Å². The molecule has 29 heavy (non-hydrogen) atoms. The summed E-state index contributed by atoms with van der Waals surface area (Å²) >= 11 is 1.57. The molecule has 6 nitrogen and oxygen atoms in total. The fraction of sp³-hybridized carbons (Fsp3) is 0.409. The van der Waals surface area contributed by atoms with Crippen LogP contribution in [-0.2, 0) is 31.4 Å². The normalized spacial score (nSPS) is 18.0. The van der Waals surface area contributed by atoms with E-state index in [0.29, 0.717) is 38.4 Å². The van der Waals surface area contributed by atoms with Crippen molar-refractivity contribution in [3.05, 3.63) is 67.8 Å². The van der Waals surface area contributed by atoms with Crippen molar-refractivity contribution < 1.29 is 9.59 Å². The van der Waals surface area contributed by atoms with E-state index in [-0.39, 0.29) is 22.9 Å². The fourth-order valence-corrected chi connectivity index (χ4v) is 4.79. The zero-order valence-corrected chi connectivity index (χ0v) is 17.3. The van der Waals surface area contributed by atoms with E-state index in [4.69, 9.17) is 0 Å². The summed E-state index contributed by atoms with van der Waals surface area (Å²) in [6.45, 7) is 1.39. The van der Waals surface area contributed by atoms with Crippen molar-refractivity contribution in [2.24, 2.45) is 13.0 Å². The number of aromatic nitrogens is 1. The molecule has 152 valence electrons. The first kappa shape index (κ1) is 19.6. The smallest absolute Gasteiger partial charge is 0.263 e. The summed E-state index contributed by atoms with van der Waals surface area (Å²) in [6, 6.07) is 1.95. The van der Waals surface area contributed by atoms with Crippen molar-refractivity contribution in [2.75, 3.05) is 6.54 Å². The number of nitrogens with one attached hydrogen (secondary N) is 1. The van der Waals surface area contributed by atoms with E-state index in [1.807, 2.05) is 21.7 Å². The average Bonchev–Trinajstić information content (AvgIpc) is 3.41. The average molecular weight is 412 g/mol. The van der Waals surface area contributed by atoms with Crippen LogP contribution in [0.1, 0.15) is 46.3 Å². The number of carbonyl (C=O) groups is 2. The Labute approximate surface area is 173 Å². The van der Waals surface area contributed by atoms with Gasteiger partial charge in [-0.1, -0.05) is 12.2 Å². The van der Waals surface area contributed by atoms with Gasteiger partial charge in [0.1, 0.15) is 5.56 Å². The molecule has 2 aromatic heterocycles. The highest BCUT2D eigenvalue weighted by Gasteiger charge is 2.28. The molecule has 0 aromatic carbocycles. The third-order valence-electron chi connectivity index (χ3n) is 5.73. The number of hydrogen-bond acceptors (Lipinski definition) is 4. The van der Waals surface area contributed by atoms with E-state index in [9.17, 15) is 14.4 Å². The van der Waals surface area contributed by atoms with Gasteiger partial charge in [0.15, 0.2) is 0 Å². The number of nitrogens with zero attached hydrogens (tertiary/aromatic N) is 2. The monoisotopic (exact) mass is 411 g/mol. The lowest BCUT2D eigenvalue weighted by molar-refractivity contribution is -0.132. The molecular formula is C22H25N3O3S. The highest BCUT2D eigenvalue weighted by atomic mass is 32.1. The van der Waals surface area contributed by atoms with Gasteiger partial charge in [-0.15, -0.1) is 0 Å². The fourth-order valence-electron chi connectivity index (χ4n) is 4.12. The van der Waals surface area contributed by atoms with Gasteiger partial charge in [0.25, 0.3) is 11.5 Å². The highest BCUT2D eigenvalue weighted by molar-refractivity contribution is 7.07. The molecule has 4 rings (SSSR count). The van der Waals surface area contributed by atoms with Crippen molar-refractivity contribution in [1.82, 2.24) is 14.8 Å². The second-order valence-electron chi connectivity index (χ2n) is 7.77. The number of fused-ring (bicyclic) bond motifs is 1. The number of hydrogen-bond donors (Lipinski definition) is 1. The highest BCUT2D eigenvalue weighted by Crippen LogP contribution is 2.25. The first-order chi connectivity index (χ1) is 14.0. The first-order valence-corrected chi connectivity index (χ1v) is 10.9. The zero-order chi connectivity index (χ0) is 20.4. The van der Waals surface area contributed by atoms with Gasteiger partial charge in [0.2, 0.25) is 5.91 Å². The van der Waals surface area contributed by atoms with Crippen molar-refractivity contribution in [1.29, 1.82) is 0 Å². The van der Waals surface area contributed by atoms with E-state index < -0.39 is 0 Å². The standard InChI is InChI=1S/C22H25N3O3S/c1-24-12-17-13-25(19(26)10-15-4-2-3-5-15)8-6-18(17)20(22(24)28)21(27)23-11-16-7-9-29-14-16/h2,4,7,9,12,14-15H,3,5-6,8,10-11,13H2,1H3,(H,23,27). The van der Waals surface area contributed by atoms with Gasteiger partial charge >= 0.3 is 0 Å². The summed E-state index contributed by atoms with van der Waals surface area (Å²) < 4.78 is 1.45. The lowest BCUT2D eigenvalue weighted by Gasteiger charge is -2.31. The molecule has 2 aliphatic rings. The number of allylic oxidation sites excluding steroid dienone is 2. The van der Waals surface area contributed by atoms with Crippen LogP contribution >= 0.6 is 11.3 Å². The van der Waals surface area contributed by atoms with E-state index >= 15 is 0 Å². The Kier molecular flexibility index (Phi) is 5.67. The molecule has 2 amide bonds. The molecule has 1 aliphatic heterocycles. The third-order valence-corrected chi connectivity index (χ3v) is 6.46. The molecular weight excluding hydrogens is 386 g/mol. The number of thiophene rings is 1. The van der Waals surface area contributed by atoms with Crippen molar-refractivity contribution >= 4 is 23.2 Å². The van der Waals surface area contributed by atoms with Crippen molar-refractivity contribution in [2.45, 2.75) is 38.8 Å². The van der Waals surface area contributed by atoms with Crippen LogP contribution < -0.4 is 10.9 Å². The summed E-state index contributed by atoms with van der Waals surface area (Å²) in [5, 5.41) is 6.80. The van der Waals surface area contributed by atoms with Crippen LogP contribution in [0.2, 0.25) is 0 Å². The molecule has 2 aromatic rings. The Balaban J connectivity index is 1.52. The Morgan fingerprint density at radius 2 is 2.21 bits per heavy atom. The van der Waals surface area contributed by atoms with E-state index in [0.717, 1.165) is 29.5 Å². The first-order valence-electron chi connectivity index (χ1n) is 9.98. The Morgan fingerprint density at radius 3 is 2.93 bits per heavy atom. The molecule has 0 bridgehead atoms. The molecule has 1 unspecified atom stereocenters. The number of carbonyl (C=O) groups excluding carboxylic acids is 2. The van der Waals surface area contributed by atoms with Crippen LogP contribution in [-0.4, -0.2) is 27.8 Å². The van der Waals surface area contributed by atoms with Crippen LogP contribution in [0.4, 0.5) is 0 Å². The second kappa shape index (κ2) is 8.37. The molecule has 0 spiro atoms. The lowest BCUT2D eigenvalue weighted by Crippen LogP contribution is -2.41. The maximum Gasteiger partial charge on any atom is 0.263 e. The number of rotatable bonds is 5. The van der Waals surface area contributed by atoms with E-state index in [2.05, 4.69) is 17.5 Å². The van der Waals surface area contributed by atoms with Crippen LogP contribution in [0.3, 0.4) is 0 Å². The molecule has 3 heterocycles. The second-order valence-corrected chi connectivity index (χ2v) is 8.55. The quantitative estimate of drug-likeness (QED) is 0.769. The predicted molar refractivity (Wildman–Crippen MR) is 113 cm³/mol. The topological polar surface area (TPSA) is 71.4 Å². The van der Waals surface area contributed by atoms with Crippen LogP contribution in [0.15, 0.2) is 40.0 Å². The predicted octanol–water partition coefficient (Wildman–Crippen LogP) is 2.62. The van der Waals surface area contributed by atoms with E-state index in [1.54, 1.807) is 24.6 Å². The zero-order valence-electron chi connectivity index (χ0n) is 16.5. The summed E-state index contributed by atoms with van der Waals surface area (Å²) in [5.74, 6) is 0.136. The van der Waals surface area contributed by atoms with Gasteiger partial charge in [-0.3, -0.25) is 14.4 Å². The summed E-state index contributed by atoms with van der Waals surface area (Å²) in [7, 11) is 1.66. The van der Waals surface area contributed by atoms with Crippen molar-refractivity contribution in [3.8, 4) is 0 Å². The summed E-state index contributed by atoms with van der Waals surface area (Å²) in [5.41, 5.74) is 2.60. The molecule has 7 heteroatoms. The maximum absolute atomic E-state index is 12.8. The van der Waals surface area contributed by atoms with Gasteiger partial charge < -0.3 is 14.8 Å². The molecule has 0 saturated carbocycles.